The van der Waals surface area contributed by atoms with Gasteiger partial charge in [-0.15, -0.1) is 0 Å². The molecule has 0 spiro atoms. The van der Waals surface area contributed by atoms with Gasteiger partial charge in [0.15, 0.2) is 0 Å². The number of carboxylic acid groups (broad SMARTS) is 1. The van der Waals surface area contributed by atoms with Crippen molar-refractivity contribution in [1.29, 1.82) is 0 Å². The number of aromatic nitrogens is 1. The van der Waals surface area contributed by atoms with Crippen LogP contribution in [0, 0.1) is 0 Å². The first-order chi connectivity index (χ1) is 6.09. The minimum atomic E-state index is -0.889. The average Bonchev–Trinajstić information content (AvgIpc) is 2.04. The second-order valence-corrected chi connectivity index (χ2v) is 3.51. The lowest BCUT2D eigenvalue weighted by atomic mass is 10.3. The number of nitrogens with one attached hydrogen (secondary N) is 1. The lowest BCUT2D eigenvalue weighted by Crippen LogP contribution is -2.25. The molecule has 0 aromatic carbocycles. The molecule has 4 nitrogen and oxygen atoms in total. The third-order valence-electron chi connectivity index (χ3n) is 1.46. The van der Waals surface area contributed by atoms with E-state index < -0.39 is 12.0 Å². The van der Waals surface area contributed by atoms with Crippen molar-refractivity contribution in [3.8, 4) is 0 Å². The summed E-state index contributed by atoms with van der Waals surface area (Å²) >= 11 is 3.24. The van der Waals surface area contributed by atoms with Crippen molar-refractivity contribution in [3.63, 3.8) is 0 Å². The zero-order valence-electron chi connectivity index (χ0n) is 6.99. The zero-order chi connectivity index (χ0) is 9.84. The summed E-state index contributed by atoms with van der Waals surface area (Å²) in [6.07, 6.45) is 3.21. The highest BCUT2D eigenvalue weighted by atomic mass is 79.9. The molecule has 2 N–H and O–H groups in total. The molecule has 1 atom stereocenters. The van der Waals surface area contributed by atoms with Gasteiger partial charge < -0.3 is 10.4 Å². The summed E-state index contributed by atoms with van der Waals surface area (Å²) < 4.78 is 0.815. The molecule has 1 aromatic heterocycles. The Morgan fingerprint density at radius 2 is 2.38 bits per heavy atom. The molecule has 0 amide bonds. The van der Waals surface area contributed by atoms with Crippen molar-refractivity contribution in [1.82, 2.24) is 4.98 Å². The summed E-state index contributed by atoms with van der Waals surface area (Å²) in [4.78, 5) is 14.4. The monoisotopic (exact) mass is 244 g/mol. The van der Waals surface area contributed by atoms with Gasteiger partial charge >= 0.3 is 5.97 Å². The van der Waals surface area contributed by atoms with E-state index in [9.17, 15) is 4.79 Å². The van der Waals surface area contributed by atoms with Gasteiger partial charge in [0.1, 0.15) is 6.04 Å². The van der Waals surface area contributed by atoms with Crippen molar-refractivity contribution in [2.24, 2.45) is 0 Å². The average molecular weight is 245 g/mol. The van der Waals surface area contributed by atoms with E-state index >= 15 is 0 Å². The molecule has 0 saturated heterocycles. The lowest BCUT2D eigenvalue weighted by molar-refractivity contribution is -0.137. The number of pyridine rings is 1. The second-order valence-electron chi connectivity index (χ2n) is 2.60. The van der Waals surface area contributed by atoms with Gasteiger partial charge in [0, 0.05) is 10.7 Å². The van der Waals surface area contributed by atoms with Crippen molar-refractivity contribution in [3.05, 3.63) is 22.9 Å². The van der Waals surface area contributed by atoms with Crippen molar-refractivity contribution in [2.75, 3.05) is 5.32 Å². The maximum absolute atomic E-state index is 10.5. The van der Waals surface area contributed by atoms with E-state index in [-0.39, 0.29) is 0 Å². The van der Waals surface area contributed by atoms with Crippen LogP contribution in [0.15, 0.2) is 22.9 Å². The normalized spacial score (nSPS) is 12.2. The van der Waals surface area contributed by atoms with Crippen LogP contribution in [0.3, 0.4) is 0 Å². The summed E-state index contributed by atoms with van der Waals surface area (Å²) in [5.41, 5.74) is 0.685. The molecule has 0 unspecified atom stereocenters. The van der Waals surface area contributed by atoms with Crippen LogP contribution in [0.2, 0.25) is 0 Å². The van der Waals surface area contributed by atoms with Crippen LogP contribution in [0.5, 0.6) is 0 Å². The van der Waals surface area contributed by atoms with Gasteiger partial charge in [-0.1, -0.05) is 0 Å². The molecule has 5 heteroatoms. The van der Waals surface area contributed by atoms with Gasteiger partial charge in [-0.2, -0.15) is 0 Å². The van der Waals surface area contributed by atoms with Gasteiger partial charge in [-0.05, 0) is 28.9 Å². The van der Waals surface area contributed by atoms with Gasteiger partial charge in [0.25, 0.3) is 0 Å². The topological polar surface area (TPSA) is 62.2 Å². The smallest absolute Gasteiger partial charge is 0.325 e. The van der Waals surface area contributed by atoms with Crippen molar-refractivity contribution < 1.29 is 9.90 Å². The maximum atomic E-state index is 10.5. The summed E-state index contributed by atoms with van der Waals surface area (Å²) in [5.74, 6) is -0.889. The fourth-order valence-corrected chi connectivity index (χ4v) is 1.17. The van der Waals surface area contributed by atoms with E-state index in [0.29, 0.717) is 5.69 Å². The third kappa shape index (κ3) is 3.02. The second kappa shape index (κ2) is 4.23. The van der Waals surface area contributed by atoms with Crippen molar-refractivity contribution >= 4 is 27.6 Å². The Labute approximate surface area is 84.1 Å². The minimum absolute atomic E-state index is 0.615. The molecule has 13 heavy (non-hydrogen) atoms. The highest BCUT2D eigenvalue weighted by molar-refractivity contribution is 9.10. The van der Waals surface area contributed by atoms with E-state index in [4.69, 9.17) is 5.11 Å². The van der Waals surface area contributed by atoms with Crippen molar-refractivity contribution in [2.45, 2.75) is 13.0 Å². The number of hydrogen-bond acceptors (Lipinski definition) is 3. The molecule has 0 bridgehead atoms. The van der Waals surface area contributed by atoms with E-state index in [0.717, 1.165) is 4.47 Å². The van der Waals surface area contributed by atoms with Crippen LogP contribution < -0.4 is 5.32 Å². The van der Waals surface area contributed by atoms with E-state index in [1.54, 1.807) is 25.4 Å². The van der Waals surface area contributed by atoms with Crippen LogP contribution in [-0.2, 0) is 4.79 Å². The number of carbonyl (C=O) groups is 1. The fourth-order valence-electron chi connectivity index (χ4n) is 0.803. The molecular formula is C8H9BrN2O2. The molecule has 0 aliphatic carbocycles. The van der Waals surface area contributed by atoms with E-state index in [2.05, 4.69) is 26.2 Å². The highest BCUT2D eigenvalue weighted by Gasteiger charge is 2.09. The standard InChI is InChI=1S/C8H9BrN2O2/c1-5(8(12)13)11-7-2-6(9)3-10-4-7/h2-5,11H,1H3,(H,12,13)/t5-/m1/s1. The Bertz CT molecular complexity index is 317. The summed E-state index contributed by atoms with van der Waals surface area (Å²) in [6, 6.07) is 1.16. The van der Waals surface area contributed by atoms with Crippen LogP contribution in [0.1, 0.15) is 6.92 Å². The first kappa shape index (κ1) is 9.98. The third-order valence-corrected chi connectivity index (χ3v) is 1.89. The molecule has 1 heterocycles. The van der Waals surface area contributed by atoms with Gasteiger partial charge in [-0.25, -0.2) is 0 Å². The van der Waals surface area contributed by atoms with Gasteiger partial charge in [-0.3, -0.25) is 9.78 Å². The fraction of sp³-hybridized carbons (Fsp3) is 0.250. The summed E-state index contributed by atoms with van der Waals surface area (Å²) in [6.45, 7) is 1.57. The van der Waals surface area contributed by atoms with Crippen LogP contribution in [-0.4, -0.2) is 22.1 Å². The van der Waals surface area contributed by atoms with Gasteiger partial charge in [0.05, 0.1) is 11.9 Å². The Balaban J connectivity index is 2.69. The van der Waals surface area contributed by atoms with Gasteiger partial charge in [0.2, 0.25) is 0 Å². The van der Waals surface area contributed by atoms with Crippen LogP contribution in [0.25, 0.3) is 0 Å². The largest absolute Gasteiger partial charge is 0.480 e. The molecule has 0 aliphatic heterocycles. The Hall–Kier alpha value is -1.10. The summed E-state index contributed by atoms with van der Waals surface area (Å²) in [7, 11) is 0. The number of halogens is 1. The highest BCUT2D eigenvalue weighted by Crippen LogP contribution is 2.14. The van der Waals surface area contributed by atoms with Crippen LogP contribution >= 0.6 is 15.9 Å². The number of nitrogens with zero attached hydrogens (tertiary/aromatic N) is 1. The SMILES string of the molecule is C[C@@H](Nc1cncc(Br)c1)C(=O)O. The van der Waals surface area contributed by atoms with E-state index in [1.807, 2.05) is 0 Å². The molecule has 0 saturated carbocycles. The van der Waals surface area contributed by atoms with E-state index in [1.165, 1.54) is 0 Å². The molecule has 0 fully saturated rings. The first-order valence-corrected chi connectivity index (χ1v) is 4.49. The first-order valence-electron chi connectivity index (χ1n) is 3.69. The molecule has 1 aromatic rings. The quantitative estimate of drug-likeness (QED) is 0.851. The number of carboxylic acids is 1. The molecular weight excluding hydrogens is 236 g/mol. The van der Waals surface area contributed by atoms with Crippen LogP contribution in [0.4, 0.5) is 5.69 Å². The Kier molecular flexibility index (Phi) is 3.25. The number of hydrogen-bond donors (Lipinski definition) is 2. The maximum Gasteiger partial charge on any atom is 0.325 e. The molecule has 1 rings (SSSR count). The lowest BCUT2D eigenvalue weighted by Gasteiger charge is -2.09. The molecule has 0 radical (unpaired) electrons. The zero-order valence-corrected chi connectivity index (χ0v) is 8.58. The molecule has 0 aliphatic rings. The summed E-state index contributed by atoms with van der Waals surface area (Å²) in [5, 5.41) is 11.4. The number of rotatable bonds is 3. The number of anilines is 1. The Morgan fingerprint density at radius 1 is 1.69 bits per heavy atom. The minimum Gasteiger partial charge on any atom is -0.480 e. The predicted octanol–water partition coefficient (Wildman–Crippen LogP) is 1.73. The predicted molar refractivity (Wildman–Crippen MR) is 52.7 cm³/mol. The Morgan fingerprint density at radius 3 is 2.92 bits per heavy atom. The number of aliphatic carboxylic acids is 1. The molecule has 70 valence electrons.